The van der Waals surface area contributed by atoms with Crippen molar-refractivity contribution < 1.29 is 9.53 Å². The highest BCUT2D eigenvalue weighted by Gasteiger charge is 2.03. The summed E-state index contributed by atoms with van der Waals surface area (Å²) in [5.74, 6) is 0.460. The second kappa shape index (κ2) is 7.04. The molecule has 0 aliphatic carbocycles. The van der Waals surface area contributed by atoms with Crippen LogP contribution in [-0.2, 0) is 0 Å². The van der Waals surface area contributed by atoms with Crippen LogP contribution in [0.15, 0.2) is 53.8 Å². The zero-order chi connectivity index (χ0) is 14.2. The number of rotatable bonds is 5. The van der Waals surface area contributed by atoms with Crippen molar-refractivity contribution in [1.29, 1.82) is 0 Å². The van der Waals surface area contributed by atoms with Gasteiger partial charge in [0.25, 0.3) is 5.91 Å². The standard InChI is InChI=1S/C15H15N3O2/c1-2-20-14-8-6-12(7-9-14)15(19)18-17-11-13-5-3-4-10-16-13/h3-11H,2H2,1H3,(H,18,19)/b17-11-. The lowest BCUT2D eigenvalue weighted by Gasteiger charge is -2.03. The SMILES string of the molecule is CCOc1ccc(C(=O)N/N=C\c2ccccn2)cc1. The topological polar surface area (TPSA) is 63.6 Å². The molecule has 1 aromatic carbocycles. The van der Waals surface area contributed by atoms with Crippen molar-refractivity contribution in [2.45, 2.75) is 6.92 Å². The first kappa shape index (κ1) is 13.7. The average molecular weight is 269 g/mol. The molecular weight excluding hydrogens is 254 g/mol. The van der Waals surface area contributed by atoms with Crippen LogP contribution >= 0.6 is 0 Å². The van der Waals surface area contributed by atoms with Crippen LogP contribution < -0.4 is 10.2 Å². The van der Waals surface area contributed by atoms with Gasteiger partial charge in [0.05, 0.1) is 18.5 Å². The van der Waals surface area contributed by atoms with E-state index in [0.29, 0.717) is 17.9 Å². The van der Waals surface area contributed by atoms with E-state index in [-0.39, 0.29) is 5.91 Å². The van der Waals surface area contributed by atoms with Crippen LogP contribution in [0.2, 0.25) is 0 Å². The van der Waals surface area contributed by atoms with Crippen LogP contribution in [0.25, 0.3) is 0 Å². The number of pyridine rings is 1. The molecule has 2 rings (SSSR count). The lowest BCUT2D eigenvalue weighted by atomic mass is 10.2. The van der Waals surface area contributed by atoms with Gasteiger partial charge in [0.2, 0.25) is 0 Å². The molecule has 1 amide bonds. The number of hydrogen-bond acceptors (Lipinski definition) is 4. The van der Waals surface area contributed by atoms with Crippen molar-refractivity contribution in [2.75, 3.05) is 6.61 Å². The van der Waals surface area contributed by atoms with Crippen LogP contribution in [0.1, 0.15) is 23.0 Å². The van der Waals surface area contributed by atoms with E-state index in [1.807, 2.05) is 19.1 Å². The van der Waals surface area contributed by atoms with Crippen molar-refractivity contribution in [3.8, 4) is 5.75 Å². The molecule has 0 bridgehead atoms. The van der Waals surface area contributed by atoms with Gasteiger partial charge in [-0.3, -0.25) is 9.78 Å². The average Bonchev–Trinajstić information content (AvgIpc) is 2.49. The van der Waals surface area contributed by atoms with Gasteiger partial charge in [-0.25, -0.2) is 5.43 Å². The van der Waals surface area contributed by atoms with E-state index in [4.69, 9.17) is 4.74 Å². The van der Waals surface area contributed by atoms with E-state index in [1.54, 1.807) is 36.5 Å². The predicted octanol–water partition coefficient (Wildman–Crippen LogP) is 2.24. The van der Waals surface area contributed by atoms with Gasteiger partial charge in [-0.15, -0.1) is 0 Å². The van der Waals surface area contributed by atoms with Crippen molar-refractivity contribution in [3.63, 3.8) is 0 Å². The molecule has 0 atom stereocenters. The second-order valence-corrected chi connectivity index (χ2v) is 3.91. The molecule has 102 valence electrons. The normalized spacial score (nSPS) is 10.4. The van der Waals surface area contributed by atoms with E-state index in [9.17, 15) is 4.79 Å². The Balaban J connectivity index is 1.93. The molecular formula is C15H15N3O2. The molecule has 0 fully saturated rings. The number of carbonyl (C=O) groups excluding carboxylic acids is 1. The minimum Gasteiger partial charge on any atom is -0.494 e. The number of carbonyl (C=O) groups is 1. The van der Waals surface area contributed by atoms with Gasteiger partial charge in [0, 0.05) is 11.8 Å². The Bertz CT molecular complexity index is 580. The molecule has 0 saturated heterocycles. The molecule has 0 spiro atoms. The van der Waals surface area contributed by atoms with E-state index in [1.165, 1.54) is 6.21 Å². The highest BCUT2D eigenvalue weighted by atomic mass is 16.5. The van der Waals surface area contributed by atoms with Gasteiger partial charge in [0.15, 0.2) is 0 Å². The first-order valence-corrected chi connectivity index (χ1v) is 6.27. The predicted molar refractivity (Wildman–Crippen MR) is 76.9 cm³/mol. The van der Waals surface area contributed by atoms with Crippen LogP contribution in [0, 0.1) is 0 Å². The third kappa shape index (κ3) is 3.91. The van der Waals surface area contributed by atoms with Crippen LogP contribution in [0.4, 0.5) is 0 Å². The van der Waals surface area contributed by atoms with Crippen LogP contribution in [-0.4, -0.2) is 23.7 Å². The van der Waals surface area contributed by atoms with Crippen molar-refractivity contribution in [2.24, 2.45) is 5.10 Å². The number of hydrazone groups is 1. The molecule has 0 aliphatic heterocycles. The van der Waals surface area contributed by atoms with E-state index < -0.39 is 0 Å². The molecule has 0 aliphatic rings. The largest absolute Gasteiger partial charge is 0.494 e. The Morgan fingerprint density at radius 1 is 1.30 bits per heavy atom. The van der Waals surface area contributed by atoms with Crippen molar-refractivity contribution in [1.82, 2.24) is 10.4 Å². The molecule has 0 unspecified atom stereocenters. The number of nitrogens with zero attached hydrogens (tertiary/aromatic N) is 2. The van der Waals surface area contributed by atoms with Gasteiger partial charge in [-0.1, -0.05) is 6.07 Å². The second-order valence-electron chi connectivity index (χ2n) is 3.91. The molecule has 5 heteroatoms. The maximum absolute atomic E-state index is 11.8. The molecule has 2 aromatic rings. The summed E-state index contributed by atoms with van der Waals surface area (Å²) in [5.41, 5.74) is 3.65. The zero-order valence-electron chi connectivity index (χ0n) is 11.1. The Kier molecular flexibility index (Phi) is 4.83. The third-order valence-corrected chi connectivity index (χ3v) is 2.48. The summed E-state index contributed by atoms with van der Waals surface area (Å²) in [6.07, 6.45) is 3.15. The molecule has 1 aromatic heterocycles. The van der Waals surface area contributed by atoms with Crippen LogP contribution in [0.3, 0.4) is 0 Å². The maximum atomic E-state index is 11.8. The smallest absolute Gasteiger partial charge is 0.271 e. The van der Waals surface area contributed by atoms with Crippen molar-refractivity contribution >= 4 is 12.1 Å². The molecule has 5 nitrogen and oxygen atoms in total. The summed E-state index contributed by atoms with van der Waals surface area (Å²) >= 11 is 0. The van der Waals surface area contributed by atoms with Gasteiger partial charge < -0.3 is 4.74 Å². The fourth-order valence-corrected chi connectivity index (χ4v) is 1.54. The summed E-state index contributed by atoms with van der Waals surface area (Å²) in [6.45, 7) is 2.51. The lowest BCUT2D eigenvalue weighted by Crippen LogP contribution is -2.17. The van der Waals surface area contributed by atoms with Gasteiger partial charge >= 0.3 is 0 Å². The molecule has 20 heavy (non-hydrogen) atoms. The Labute approximate surface area is 117 Å². The molecule has 1 N–H and O–H groups in total. The number of ether oxygens (including phenoxy) is 1. The number of hydrogen-bond donors (Lipinski definition) is 1. The van der Waals surface area contributed by atoms with Crippen molar-refractivity contribution in [3.05, 3.63) is 59.9 Å². The number of amides is 1. The summed E-state index contributed by atoms with van der Waals surface area (Å²) in [7, 11) is 0. The summed E-state index contributed by atoms with van der Waals surface area (Å²) in [4.78, 5) is 15.9. The minimum atomic E-state index is -0.278. The first-order valence-electron chi connectivity index (χ1n) is 6.27. The van der Waals surface area contributed by atoms with E-state index >= 15 is 0 Å². The third-order valence-electron chi connectivity index (χ3n) is 2.48. The number of aromatic nitrogens is 1. The number of nitrogens with one attached hydrogen (secondary N) is 1. The molecule has 0 saturated carbocycles. The molecule has 1 heterocycles. The summed E-state index contributed by atoms with van der Waals surface area (Å²) in [6, 6.07) is 12.3. The van der Waals surface area contributed by atoms with E-state index in [2.05, 4.69) is 15.5 Å². The fourth-order valence-electron chi connectivity index (χ4n) is 1.54. The Morgan fingerprint density at radius 3 is 2.75 bits per heavy atom. The van der Waals surface area contributed by atoms with Gasteiger partial charge in [0.1, 0.15) is 5.75 Å². The zero-order valence-corrected chi connectivity index (χ0v) is 11.1. The van der Waals surface area contributed by atoms with E-state index in [0.717, 1.165) is 5.75 Å². The maximum Gasteiger partial charge on any atom is 0.271 e. The van der Waals surface area contributed by atoms with Gasteiger partial charge in [-0.2, -0.15) is 5.10 Å². The fraction of sp³-hybridized carbons (Fsp3) is 0.133. The quantitative estimate of drug-likeness (QED) is 0.669. The highest BCUT2D eigenvalue weighted by Crippen LogP contribution is 2.11. The summed E-state index contributed by atoms with van der Waals surface area (Å²) < 4.78 is 5.31. The first-order chi connectivity index (χ1) is 9.79. The Morgan fingerprint density at radius 2 is 2.10 bits per heavy atom. The molecule has 0 radical (unpaired) electrons. The Hall–Kier alpha value is -2.69. The summed E-state index contributed by atoms with van der Waals surface area (Å²) in [5, 5.41) is 3.86. The van der Waals surface area contributed by atoms with Gasteiger partial charge in [-0.05, 0) is 43.3 Å². The minimum absolute atomic E-state index is 0.278. The highest BCUT2D eigenvalue weighted by molar-refractivity contribution is 5.94. The lowest BCUT2D eigenvalue weighted by molar-refractivity contribution is 0.0955. The van der Waals surface area contributed by atoms with Crippen LogP contribution in [0.5, 0.6) is 5.75 Å². The number of benzene rings is 1. The monoisotopic (exact) mass is 269 g/mol.